The second-order valence-electron chi connectivity index (χ2n) is 3.97. The summed E-state index contributed by atoms with van der Waals surface area (Å²) in [6, 6.07) is 10.7. The predicted octanol–water partition coefficient (Wildman–Crippen LogP) is 4.80. The quantitative estimate of drug-likeness (QED) is 0.656. The monoisotopic (exact) mass is 332 g/mol. The van der Waals surface area contributed by atoms with E-state index in [1.807, 2.05) is 0 Å². The van der Waals surface area contributed by atoms with Crippen molar-refractivity contribution in [2.75, 3.05) is 5.33 Å². The van der Waals surface area contributed by atoms with Crippen molar-refractivity contribution in [1.82, 2.24) is 0 Å². The molecule has 0 heterocycles. The minimum absolute atomic E-state index is 0.604. The van der Waals surface area contributed by atoms with Crippen LogP contribution in [0.5, 0.6) is 0 Å². The molecule has 0 saturated heterocycles. The molecule has 15 heavy (non-hydrogen) atoms. The molecule has 2 atom stereocenters. The van der Waals surface area contributed by atoms with Gasteiger partial charge in [-0.25, -0.2) is 0 Å². The van der Waals surface area contributed by atoms with Crippen molar-refractivity contribution in [1.29, 1.82) is 0 Å². The molecule has 1 aromatic carbocycles. The van der Waals surface area contributed by atoms with Crippen LogP contribution >= 0.6 is 31.9 Å². The van der Waals surface area contributed by atoms with Gasteiger partial charge in [0, 0.05) is 10.2 Å². The molecule has 0 aromatic heterocycles. The summed E-state index contributed by atoms with van der Waals surface area (Å²) in [6.45, 7) is 2.23. The maximum absolute atomic E-state index is 3.66. The zero-order valence-electron chi connectivity index (χ0n) is 9.13. The van der Waals surface area contributed by atoms with Gasteiger partial charge in [0.15, 0.2) is 0 Å². The molecule has 0 amide bonds. The largest absolute Gasteiger partial charge is 0.0925 e. The summed E-state index contributed by atoms with van der Waals surface area (Å²) < 4.78 is 0. The average molecular weight is 334 g/mol. The van der Waals surface area contributed by atoms with Gasteiger partial charge in [-0.3, -0.25) is 0 Å². The molecule has 0 fully saturated rings. The van der Waals surface area contributed by atoms with Gasteiger partial charge in [-0.15, -0.1) is 0 Å². The van der Waals surface area contributed by atoms with E-state index in [4.69, 9.17) is 0 Å². The molecule has 0 radical (unpaired) electrons. The predicted molar refractivity (Wildman–Crippen MR) is 75.1 cm³/mol. The summed E-state index contributed by atoms with van der Waals surface area (Å²) in [6.07, 6.45) is 3.76. The fourth-order valence-electron chi connectivity index (χ4n) is 1.64. The van der Waals surface area contributed by atoms with Crippen molar-refractivity contribution < 1.29 is 0 Å². The summed E-state index contributed by atoms with van der Waals surface area (Å²) in [5.41, 5.74) is 1.45. The molecule has 0 aliphatic rings. The fourth-order valence-corrected chi connectivity index (χ4v) is 3.48. The van der Waals surface area contributed by atoms with Gasteiger partial charge in [0.2, 0.25) is 0 Å². The Balaban J connectivity index is 2.27. The molecule has 0 nitrogen and oxygen atoms in total. The Labute approximate surface area is 110 Å². The molecule has 0 saturated carbocycles. The fraction of sp³-hybridized carbons (Fsp3) is 0.538. The lowest BCUT2D eigenvalue weighted by molar-refractivity contribution is 0.522. The summed E-state index contributed by atoms with van der Waals surface area (Å²) in [5, 5.41) is 1.09. The van der Waals surface area contributed by atoms with E-state index in [0.29, 0.717) is 4.83 Å². The maximum atomic E-state index is 3.66. The third-order valence-electron chi connectivity index (χ3n) is 2.73. The van der Waals surface area contributed by atoms with E-state index in [2.05, 4.69) is 69.1 Å². The Kier molecular flexibility index (Phi) is 6.58. The normalized spacial score (nSPS) is 14.9. The van der Waals surface area contributed by atoms with Crippen LogP contribution in [0.3, 0.4) is 0 Å². The number of aryl methyl sites for hydroxylation is 1. The topological polar surface area (TPSA) is 0 Å². The lowest BCUT2D eigenvalue weighted by Crippen LogP contribution is -2.12. The minimum atomic E-state index is 0.604. The maximum Gasteiger partial charge on any atom is 0.0153 e. The molecule has 0 N–H and O–H groups in total. The van der Waals surface area contributed by atoms with Crippen LogP contribution in [0.1, 0.15) is 25.3 Å². The van der Waals surface area contributed by atoms with Crippen molar-refractivity contribution in [2.45, 2.75) is 31.0 Å². The summed E-state index contributed by atoms with van der Waals surface area (Å²) in [5.74, 6) is 0.744. The first-order chi connectivity index (χ1) is 7.24. The van der Waals surface area contributed by atoms with Gasteiger partial charge in [0.05, 0.1) is 0 Å². The Bertz CT molecular complexity index is 256. The molecule has 0 spiro atoms. The van der Waals surface area contributed by atoms with E-state index in [1.54, 1.807) is 0 Å². The first-order valence-electron chi connectivity index (χ1n) is 5.48. The number of halogens is 2. The third-order valence-corrected chi connectivity index (χ3v) is 4.31. The van der Waals surface area contributed by atoms with Crippen molar-refractivity contribution >= 4 is 31.9 Å². The molecule has 1 rings (SSSR count). The van der Waals surface area contributed by atoms with E-state index >= 15 is 0 Å². The average Bonchev–Trinajstić information content (AvgIpc) is 2.25. The van der Waals surface area contributed by atoms with Gasteiger partial charge < -0.3 is 0 Å². The number of rotatable bonds is 6. The number of hydrogen-bond acceptors (Lipinski definition) is 0. The Morgan fingerprint density at radius 2 is 1.87 bits per heavy atom. The molecule has 0 aliphatic heterocycles. The molecule has 1 aromatic rings. The van der Waals surface area contributed by atoms with Gasteiger partial charge in [0.25, 0.3) is 0 Å². The Hall–Kier alpha value is 0.180. The zero-order chi connectivity index (χ0) is 11.1. The third kappa shape index (κ3) is 5.17. The van der Waals surface area contributed by atoms with Crippen LogP contribution in [-0.2, 0) is 6.42 Å². The van der Waals surface area contributed by atoms with Gasteiger partial charge in [-0.2, -0.15) is 0 Å². The van der Waals surface area contributed by atoms with Crippen LogP contribution in [0.4, 0.5) is 0 Å². The van der Waals surface area contributed by atoms with Crippen molar-refractivity contribution in [2.24, 2.45) is 5.92 Å². The highest BCUT2D eigenvalue weighted by molar-refractivity contribution is 9.10. The van der Waals surface area contributed by atoms with E-state index in [1.165, 1.54) is 24.8 Å². The molecule has 0 bridgehead atoms. The molecule has 84 valence electrons. The summed E-state index contributed by atoms with van der Waals surface area (Å²) in [7, 11) is 0. The Morgan fingerprint density at radius 1 is 1.20 bits per heavy atom. The van der Waals surface area contributed by atoms with Crippen molar-refractivity contribution in [3.63, 3.8) is 0 Å². The molecular weight excluding hydrogens is 316 g/mol. The first-order valence-corrected chi connectivity index (χ1v) is 7.51. The second-order valence-corrected chi connectivity index (χ2v) is 6.06. The lowest BCUT2D eigenvalue weighted by atomic mass is 9.99. The van der Waals surface area contributed by atoms with Crippen LogP contribution in [0.15, 0.2) is 30.3 Å². The van der Waals surface area contributed by atoms with Crippen molar-refractivity contribution in [3.8, 4) is 0 Å². The highest BCUT2D eigenvalue weighted by Crippen LogP contribution is 2.21. The van der Waals surface area contributed by atoms with Crippen molar-refractivity contribution in [3.05, 3.63) is 35.9 Å². The van der Waals surface area contributed by atoms with E-state index in [0.717, 1.165) is 11.2 Å². The number of benzene rings is 1. The first kappa shape index (κ1) is 13.2. The van der Waals surface area contributed by atoms with E-state index in [9.17, 15) is 0 Å². The van der Waals surface area contributed by atoms with Gasteiger partial charge >= 0.3 is 0 Å². The molecule has 0 aliphatic carbocycles. The van der Waals surface area contributed by atoms with Crippen LogP contribution in [0.25, 0.3) is 0 Å². The number of hydrogen-bond donors (Lipinski definition) is 0. The van der Waals surface area contributed by atoms with Crippen LogP contribution in [0.2, 0.25) is 0 Å². The highest BCUT2D eigenvalue weighted by Gasteiger charge is 2.12. The molecule has 2 heteroatoms. The number of alkyl halides is 2. The van der Waals surface area contributed by atoms with Gasteiger partial charge in [-0.05, 0) is 30.7 Å². The lowest BCUT2D eigenvalue weighted by Gasteiger charge is -2.16. The van der Waals surface area contributed by atoms with Crippen LogP contribution < -0.4 is 0 Å². The highest BCUT2D eigenvalue weighted by atomic mass is 79.9. The summed E-state index contributed by atoms with van der Waals surface area (Å²) in [4.78, 5) is 0.604. The summed E-state index contributed by atoms with van der Waals surface area (Å²) >= 11 is 7.23. The standard InChI is InChI=1S/C13H18Br2/c1-11(15)13(10-14)9-5-8-12-6-3-2-4-7-12/h2-4,6-7,11,13H,5,8-10H2,1H3. The van der Waals surface area contributed by atoms with E-state index < -0.39 is 0 Å². The molecule has 2 unspecified atom stereocenters. The smallest absolute Gasteiger partial charge is 0.0153 e. The van der Waals surface area contributed by atoms with Gasteiger partial charge in [-0.1, -0.05) is 69.1 Å². The zero-order valence-corrected chi connectivity index (χ0v) is 12.3. The SMILES string of the molecule is CC(Br)C(CBr)CCCc1ccccc1. The Morgan fingerprint density at radius 3 is 2.40 bits per heavy atom. The van der Waals surface area contributed by atoms with Crippen LogP contribution in [-0.4, -0.2) is 10.2 Å². The molecular formula is C13H18Br2. The van der Waals surface area contributed by atoms with Gasteiger partial charge in [0.1, 0.15) is 0 Å². The second kappa shape index (κ2) is 7.45. The van der Waals surface area contributed by atoms with Crippen LogP contribution in [0, 0.1) is 5.92 Å². The minimum Gasteiger partial charge on any atom is -0.0925 e. The van der Waals surface area contributed by atoms with E-state index in [-0.39, 0.29) is 0 Å².